The van der Waals surface area contributed by atoms with Crippen molar-refractivity contribution in [2.45, 2.75) is 26.2 Å². The Balaban J connectivity index is 1.89. The molecule has 0 bridgehead atoms. The fraction of sp³-hybridized carbons (Fsp3) is 0.182. The van der Waals surface area contributed by atoms with Crippen LogP contribution in [0.5, 0.6) is 0 Å². The summed E-state index contributed by atoms with van der Waals surface area (Å²) in [5, 5.41) is 0. The van der Waals surface area contributed by atoms with Crippen LogP contribution in [0.2, 0.25) is 0 Å². The lowest BCUT2D eigenvalue weighted by molar-refractivity contribution is 0.749. The van der Waals surface area contributed by atoms with E-state index >= 15 is 0 Å². The molecule has 22 heavy (non-hydrogen) atoms. The average Bonchev–Trinajstić information content (AvgIpc) is 2.55. The third kappa shape index (κ3) is 2.16. The van der Waals surface area contributed by atoms with Crippen molar-refractivity contribution in [1.82, 2.24) is 0 Å². The second kappa shape index (κ2) is 5.14. The highest BCUT2D eigenvalue weighted by Gasteiger charge is 2.21. The van der Waals surface area contributed by atoms with Crippen LogP contribution in [0.4, 0.5) is 0 Å². The SMILES string of the molecule is Cc1ccc(-c2ccc3c(c2)-c2ccccc2CC3C)cc1. The third-order valence-electron chi connectivity index (χ3n) is 4.80. The fourth-order valence-corrected chi connectivity index (χ4v) is 3.55. The maximum Gasteiger partial charge on any atom is -0.0140 e. The van der Waals surface area contributed by atoms with Crippen LogP contribution in [0, 0.1) is 6.92 Å². The van der Waals surface area contributed by atoms with E-state index in [1.165, 1.54) is 38.9 Å². The van der Waals surface area contributed by atoms with Crippen LogP contribution >= 0.6 is 0 Å². The molecular formula is C22H20. The van der Waals surface area contributed by atoms with Gasteiger partial charge in [0.1, 0.15) is 0 Å². The zero-order chi connectivity index (χ0) is 15.1. The van der Waals surface area contributed by atoms with Crippen LogP contribution in [0.15, 0.2) is 66.7 Å². The first-order valence-electron chi connectivity index (χ1n) is 8.01. The summed E-state index contributed by atoms with van der Waals surface area (Å²) in [5.74, 6) is 0.594. The minimum absolute atomic E-state index is 0.594. The summed E-state index contributed by atoms with van der Waals surface area (Å²) in [7, 11) is 0. The van der Waals surface area contributed by atoms with Gasteiger partial charge in [-0.05, 0) is 58.7 Å². The zero-order valence-corrected chi connectivity index (χ0v) is 13.1. The Morgan fingerprint density at radius 2 is 1.50 bits per heavy atom. The standard InChI is InChI=1S/C22H20/c1-15-7-9-17(10-8-15)18-11-12-20-16(2)13-19-5-3-4-6-21(19)22(20)14-18/h3-12,14,16H,13H2,1-2H3. The van der Waals surface area contributed by atoms with Crippen LogP contribution < -0.4 is 0 Å². The molecule has 0 nitrogen and oxygen atoms in total. The second-order valence-electron chi connectivity index (χ2n) is 6.43. The summed E-state index contributed by atoms with van der Waals surface area (Å²) >= 11 is 0. The summed E-state index contributed by atoms with van der Waals surface area (Å²) in [4.78, 5) is 0. The topological polar surface area (TPSA) is 0 Å². The van der Waals surface area contributed by atoms with Crippen LogP contribution in [0.1, 0.15) is 29.5 Å². The molecule has 0 aliphatic heterocycles. The molecule has 1 aliphatic carbocycles. The highest BCUT2D eigenvalue weighted by Crippen LogP contribution is 2.41. The maximum absolute atomic E-state index is 2.37. The van der Waals surface area contributed by atoms with E-state index in [1.54, 1.807) is 0 Å². The minimum Gasteiger partial charge on any atom is -0.0620 e. The first-order chi connectivity index (χ1) is 10.7. The van der Waals surface area contributed by atoms with E-state index in [9.17, 15) is 0 Å². The molecule has 1 aliphatic rings. The molecule has 0 fully saturated rings. The van der Waals surface area contributed by atoms with Gasteiger partial charge in [0.15, 0.2) is 0 Å². The summed E-state index contributed by atoms with van der Waals surface area (Å²) < 4.78 is 0. The molecule has 0 saturated heterocycles. The van der Waals surface area contributed by atoms with E-state index in [4.69, 9.17) is 0 Å². The monoisotopic (exact) mass is 284 g/mol. The lowest BCUT2D eigenvalue weighted by Gasteiger charge is -2.26. The summed E-state index contributed by atoms with van der Waals surface area (Å²) in [5.41, 5.74) is 9.68. The Bertz CT molecular complexity index is 825. The highest BCUT2D eigenvalue weighted by atomic mass is 14.3. The van der Waals surface area contributed by atoms with Crippen molar-refractivity contribution < 1.29 is 0 Å². The molecule has 0 heteroatoms. The molecule has 0 amide bonds. The van der Waals surface area contributed by atoms with Gasteiger partial charge in [0.25, 0.3) is 0 Å². The zero-order valence-electron chi connectivity index (χ0n) is 13.1. The lowest BCUT2D eigenvalue weighted by atomic mass is 9.78. The van der Waals surface area contributed by atoms with Crippen molar-refractivity contribution in [3.63, 3.8) is 0 Å². The number of aryl methyl sites for hydroxylation is 1. The Hall–Kier alpha value is -2.34. The number of rotatable bonds is 1. The van der Waals surface area contributed by atoms with Gasteiger partial charge in [-0.15, -0.1) is 0 Å². The van der Waals surface area contributed by atoms with Gasteiger partial charge >= 0.3 is 0 Å². The maximum atomic E-state index is 2.37. The molecule has 0 saturated carbocycles. The smallest absolute Gasteiger partial charge is 0.0140 e. The molecule has 108 valence electrons. The molecule has 3 aromatic rings. The predicted molar refractivity (Wildman–Crippen MR) is 94.2 cm³/mol. The molecule has 0 radical (unpaired) electrons. The van der Waals surface area contributed by atoms with Crippen LogP contribution in [-0.2, 0) is 6.42 Å². The van der Waals surface area contributed by atoms with Gasteiger partial charge in [0.2, 0.25) is 0 Å². The Morgan fingerprint density at radius 1 is 0.773 bits per heavy atom. The van der Waals surface area contributed by atoms with Crippen LogP contribution in [0.3, 0.4) is 0 Å². The van der Waals surface area contributed by atoms with Gasteiger partial charge < -0.3 is 0 Å². The van der Waals surface area contributed by atoms with Crippen molar-refractivity contribution in [1.29, 1.82) is 0 Å². The van der Waals surface area contributed by atoms with Gasteiger partial charge in [0.05, 0.1) is 0 Å². The van der Waals surface area contributed by atoms with Crippen molar-refractivity contribution in [3.05, 3.63) is 83.4 Å². The molecule has 0 N–H and O–H groups in total. The molecule has 1 atom stereocenters. The molecule has 1 unspecified atom stereocenters. The van der Waals surface area contributed by atoms with Crippen LogP contribution in [-0.4, -0.2) is 0 Å². The molecule has 0 heterocycles. The van der Waals surface area contributed by atoms with Crippen molar-refractivity contribution in [2.24, 2.45) is 0 Å². The average molecular weight is 284 g/mol. The summed E-state index contributed by atoms with van der Waals surface area (Å²) in [6, 6.07) is 24.6. The number of hydrogen-bond donors (Lipinski definition) is 0. The molecule has 4 rings (SSSR count). The number of hydrogen-bond acceptors (Lipinski definition) is 0. The highest BCUT2D eigenvalue weighted by molar-refractivity contribution is 5.79. The van der Waals surface area contributed by atoms with E-state index in [0.717, 1.165) is 6.42 Å². The largest absolute Gasteiger partial charge is 0.0620 e. The third-order valence-corrected chi connectivity index (χ3v) is 4.80. The van der Waals surface area contributed by atoms with E-state index < -0.39 is 0 Å². The van der Waals surface area contributed by atoms with E-state index in [-0.39, 0.29) is 0 Å². The first kappa shape index (κ1) is 13.3. The Labute approximate surface area is 132 Å². The van der Waals surface area contributed by atoms with Gasteiger partial charge in [-0.3, -0.25) is 0 Å². The Morgan fingerprint density at radius 3 is 2.32 bits per heavy atom. The second-order valence-corrected chi connectivity index (χ2v) is 6.43. The van der Waals surface area contributed by atoms with Crippen molar-refractivity contribution >= 4 is 0 Å². The summed E-state index contributed by atoms with van der Waals surface area (Å²) in [6.07, 6.45) is 1.15. The van der Waals surface area contributed by atoms with Crippen molar-refractivity contribution in [2.75, 3.05) is 0 Å². The van der Waals surface area contributed by atoms with E-state index in [0.29, 0.717) is 5.92 Å². The van der Waals surface area contributed by atoms with Crippen molar-refractivity contribution in [3.8, 4) is 22.3 Å². The van der Waals surface area contributed by atoms with E-state index in [1.807, 2.05) is 0 Å². The first-order valence-corrected chi connectivity index (χ1v) is 8.01. The normalized spacial score (nSPS) is 16.0. The minimum atomic E-state index is 0.594. The number of fused-ring (bicyclic) bond motifs is 3. The quantitative estimate of drug-likeness (QED) is 0.515. The van der Waals surface area contributed by atoms with Gasteiger partial charge in [-0.25, -0.2) is 0 Å². The Kier molecular flexibility index (Phi) is 3.11. The molecular weight excluding hydrogens is 264 g/mol. The fourth-order valence-electron chi connectivity index (χ4n) is 3.55. The lowest BCUT2D eigenvalue weighted by Crippen LogP contribution is -2.08. The summed E-state index contributed by atoms with van der Waals surface area (Å²) in [6.45, 7) is 4.47. The van der Waals surface area contributed by atoms with Gasteiger partial charge in [0, 0.05) is 0 Å². The molecule has 0 spiro atoms. The van der Waals surface area contributed by atoms with Gasteiger partial charge in [-0.2, -0.15) is 0 Å². The predicted octanol–water partition coefficient (Wildman–Crippen LogP) is 5.99. The van der Waals surface area contributed by atoms with E-state index in [2.05, 4.69) is 80.6 Å². The van der Waals surface area contributed by atoms with Crippen LogP contribution in [0.25, 0.3) is 22.3 Å². The molecule has 3 aromatic carbocycles. The van der Waals surface area contributed by atoms with Gasteiger partial charge in [-0.1, -0.05) is 73.2 Å². The molecule has 0 aromatic heterocycles. The number of benzene rings is 3.